The van der Waals surface area contributed by atoms with E-state index in [1.165, 1.54) is 6.92 Å². The second-order valence-corrected chi connectivity index (χ2v) is 3.78. The van der Waals surface area contributed by atoms with Crippen LogP contribution in [-0.2, 0) is 9.53 Å². The van der Waals surface area contributed by atoms with Gasteiger partial charge in [-0.2, -0.15) is 0 Å². The van der Waals surface area contributed by atoms with Crippen LogP contribution in [0.25, 0.3) is 0 Å². The van der Waals surface area contributed by atoms with Gasteiger partial charge in [0.25, 0.3) is 0 Å². The summed E-state index contributed by atoms with van der Waals surface area (Å²) in [6, 6.07) is 3.59. The van der Waals surface area contributed by atoms with Crippen LogP contribution in [0.1, 0.15) is 28.4 Å². The molecule has 1 rings (SSSR count). The quantitative estimate of drug-likeness (QED) is 0.446. The zero-order valence-electron chi connectivity index (χ0n) is 10.3. The number of esters is 1. The largest absolute Gasteiger partial charge is 0.489 e. The van der Waals surface area contributed by atoms with E-state index in [1.807, 2.05) is 19.9 Å². The molecule has 4 nitrogen and oxygen atoms in total. The Kier molecular flexibility index (Phi) is 4.69. The van der Waals surface area contributed by atoms with Crippen LogP contribution in [0, 0.1) is 13.8 Å². The normalized spacial score (nSPS) is 9.82. The number of rotatable bonds is 5. The molecule has 0 N–H and O–H groups in total. The van der Waals surface area contributed by atoms with E-state index in [9.17, 15) is 9.59 Å². The molecule has 4 heteroatoms. The molecule has 0 unspecified atom stereocenters. The number of carbonyl (C=O) groups excluding carboxylic acids is 2. The minimum absolute atomic E-state index is 0.181. The molecule has 1 aromatic rings. The van der Waals surface area contributed by atoms with Crippen molar-refractivity contribution in [3.63, 3.8) is 0 Å². The fourth-order valence-electron chi connectivity index (χ4n) is 1.37. The summed E-state index contributed by atoms with van der Waals surface area (Å²) in [6.45, 7) is 5.64. The van der Waals surface area contributed by atoms with Gasteiger partial charge in [-0.05, 0) is 37.1 Å². The molecule has 0 aliphatic rings. The highest BCUT2D eigenvalue weighted by molar-refractivity contribution is 5.80. The molecular weight excluding hydrogens is 220 g/mol. The molecule has 0 aliphatic carbocycles. The van der Waals surface area contributed by atoms with E-state index in [0.29, 0.717) is 11.3 Å². The third kappa shape index (κ3) is 3.90. The summed E-state index contributed by atoms with van der Waals surface area (Å²) in [7, 11) is 0. The monoisotopic (exact) mass is 236 g/mol. The van der Waals surface area contributed by atoms with Gasteiger partial charge in [0.1, 0.15) is 19.0 Å². The molecule has 0 aromatic heterocycles. The number of aldehydes is 1. The minimum atomic E-state index is -0.343. The third-order valence-electron chi connectivity index (χ3n) is 2.40. The number of hydrogen-bond donors (Lipinski definition) is 0. The second-order valence-electron chi connectivity index (χ2n) is 3.78. The van der Waals surface area contributed by atoms with Crippen molar-refractivity contribution in [2.45, 2.75) is 20.8 Å². The van der Waals surface area contributed by atoms with Gasteiger partial charge in [0.15, 0.2) is 6.29 Å². The summed E-state index contributed by atoms with van der Waals surface area (Å²) in [4.78, 5) is 21.4. The van der Waals surface area contributed by atoms with Crippen molar-refractivity contribution in [2.75, 3.05) is 13.2 Å². The van der Waals surface area contributed by atoms with Gasteiger partial charge in [0, 0.05) is 6.92 Å². The standard InChI is InChI=1S/C13H16O4/c1-9-6-12(8-14)13(7-10(9)2)17-5-4-16-11(3)15/h6-8H,4-5H2,1-3H3. The Hall–Kier alpha value is -1.84. The maximum Gasteiger partial charge on any atom is 0.302 e. The fraction of sp³-hybridized carbons (Fsp3) is 0.385. The zero-order valence-corrected chi connectivity index (χ0v) is 10.3. The summed E-state index contributed by atoms with van der Waals surface area (Å²) < 4.78 is 10.1. The number of carbonyl (C=O) groups is 2. The van der Waals surface area contributed by atoms with Crippen molar-refractivity contribution < 1.29 is 19.1 Å². The van der Waals surface area contributed by atoms with Crippen molar-refractivity contribution in [1.29, 1.82) is 0 Å². The maximum absolute atomic E-state index is 10.9. The SMILES string of the molecule is CC(=O)OCCOc1cc(C)c(C)cc1C=O. The lowest BCUT2D eigenvalue weighted by Crippen LogP contribution is -2.10. The van der Waals surface area contributed by atoms with Crippen molar-refractivity contribution in [3.05, 3.63) is 28.8 Å². The van der Waals surface area contributed by atoms with Crippen LogP contribution >= 0.6 is 0 Å². The second kappa shape index (κ2) is 6.03. The Balaban J connectivity index is 2.66. The van der Waals surface area contributed by atoms with Crippen LogP contribution in [0.3, 0.4) is 0 Å². The Labute approximate surface area is 101 Å². The summed E-state index contributed by atoms with van der Waals surface area (Å²) in [6.07, 6.45) is 0.758. The molecule has 0 radical (unpaired) electrons. The van der Waals surface area contributed by atoms with Gasteiger partial charge < -0.3 is 9.47 Å². The van der Waals surface area contributed by atoms with Crippen molar-refractivity contribution >= 4 is 12.3 Å². The predicted octanol–water partition coefficient (Wildman–Crippen LogP) is 2.06. The molecule has 17 heavy (non-hydrogen) atoms. The lowest BCUT2D eigenvalue weighted by atomic mass is 10.1. The zero-order chi connectivity index (χ0) is 12.8. The Morgan fingerprint density at radius 1 is 1.24 bits per heavy atom. The molecule has 0 fully saturated rings. The molecule has 0 heterocycles. The minimum Gasteiger partial charge on any atom is -0.489 e. The molecule has 1 aromatic carbocycles. The van der Waals surface area contributed by atoms with Gasteiger partial charge >= 0.3 is 5.97 Å². The van der Waals surface area contributed by atoms with Gasteiger partial charge in [-0.25, -0.2) is 0 Å². The van der Waals surface area contributed by atoms with Crippen LogP contribution in [0.2, 0.25) is 0 Å². The van der Waals surface area contributed by atoms with E-state index < -0.39 is 0 Å². The van der Waals surface area contributed by atoms with Crippen molar-refractivity contribution in [2.24, 2.45) is 0 Å². The topological polar surface area (TPSA) is 52.6 Å². The highest BCUT2D eigenvalue weighted by Crippen LogP contribution is 2.21. The van der Waals surface area contributed by atoms with E-state index in [2.05, 4.69) is 0 Å². The molecule has 0 spiro atoms. The van der Waals surface area contributed by atoms with Crippen LogP contribution < -0.4 is 4.74 Å². The molecule has 92 valence electrons. The number of aryl methyl sites for hydroxylation is 2. The number of ether oxygens (including phenoxy) is 2. The van der Waals surface area contributed by atoms with E-state index in [4.69, 9.17) is 9.47 Å². The van der Waals surface area contributed by atoms with Crippen LogP contribution in [0.4, 0.5) is 0 Å². The van der Waals surface area contributed by atoms with Crippen LogP contribution in [-0.4, -0.2) is 25.5 Å². The highest BCUT2D eigenvalue weighted by atomic mass is 16.6. The first-order valence-electron chi connectivity index (χ1n) is 5.37. The molecule has 0 amide bonds. The molecule has 0 bridgehead atoms. The summed E-state index contributed by atoms with van der Waals surface area (Å²) in [5.41, 5.74) is 2.61. The Morgan fingerprint density at radius 3 is 2.47 bits per heavy atom. The van der Waals surface area contributed by atoms with Crippen LogP contribution in [0.5, 0.6) is 5.75 Å². The van der Waals surface area contributed by atoms with Gasteiger partial charge in [-0.1, -0.05) is 0 Å². The highest BCUT2D eigenvalue weighted by Gasteiger charge is 2.06. The smallest absolute Gasteiger partial charge is 0.302 e. The average Bonchev–Trinajstić information content (AvgIpc) is 2.28. The van der Waals surface area contributed by atoms with Gasteiger partial charge in [-0.15, -0.1) is 0 Å². The maximum atomic E-state index is 10.9. The third-order valence-corrected chi connectivity index (χ3v) is 2.40. The van der Waals surface area contributed by atoms with E-state index in [-0.39, 0.29) is 19.2 Å². The predicted molar refractivity (Wildman–Crippen MR) is 63.4 cm³/mol. The summed E-state index contributed by atoms with van der Waals surface area (Å²) in [5.74, 6) is 0.180. The first-order valence-corrected chi connectivity index (χ1v) is 5.37. The summed E-state index contributed by atoms with van der Waals surface area (Å²) >= 11 is 0. The fourth-order valence-corrected chi connectivity index (χ4v) is 1.37. The van der Waals surface area contributed by atoms with E-state index in [0.717, 1.165) is 17.4 Å². The molecule has 0 aliphatic heterocycles. The van der Waals surface area contributed by atoms with E-state index in [1.54, 1.807) is 6.07 Å². The molecular formula is C13H16O4. The van der Waals surface area contributed by atoms with Crippen LogP contribution in [0.15, 0.2) is 12.1 Å². The van der Waals surface area contributed by atoms with Crippen molar-refractivity contribution in [1.82, 2.24) is 0 Å². The first kappa shape index (κ1) is 13.2. The Bertz CT molecular complexity index is 424. The number of benzene rings is 1. The summed E-state index contributed by atoms with van der Waals surface area (Å²) in [5, 5.41) is 0. The van der Waals surface area contributed by atoms with Crippen molar-refractivity contribution in [3.8, 4) is 5.75 Å². The van der Waals surface area contributed by atoms with Gasteiger partial charge in [0.05, 0.1) is 5.56 Å². The lowest BCUT2D eigenvalue weighted by Gasteiger charge is -2.10. The average molecular weight is 236 g/mol. The Morgan fingerprint density at radius 2 is 1.88 bits per heavy atom. The van der Waals surface area contributed by atoms with Gasteiger partial charge in [-0.3, -0.25) is 9.59 Å². The first-order chi connectivity index (χ1) is 8.04. The lowest BCUT2D eigenvalue weighted by molar-refractivity contribution is -0.141. The molecule has 0 saturated carbocycles. The van der Waals surface area contributed by atoms with E-state index >= 15 is 0 Å². The molecule has 0 atom stereocenters. The van der Waals surface area contributed by atoms with Gasteiger partial charge in [0.2, 0.25) is 0 Å². The number of hydrogen-bond acceptors (Lipinski definition) is 4. The molecule has 0 saturated heterocycles.